The number of benzene rings is 1. The molecule has 1 unspecified atom stereocenters. The topological polar surface area (TPSA) is 95.1 Å². The minimum Gasteiger partial charge on any atom is -0.468 e. The molecule has 1 amide bonds. The highest BCUT2D eigenvalue weighted by molar-refractivity contribution is 8.03. The molecule has 2 N–H and O–H groups in total. The standard InChI is InChI=1S/C25H25N3O3S/c1-15-7-4-5-8-17(15)27-21(30)14-32-24-16(13-26)22(20-9-6-10-31-20)23-18(28-24)11-25(2,3)12-19(23)29/h4-10,22,28H,11-12,14H2,1-3H3,(H,27,30). The van der Waals surface area contributed by atoms with Crippen LogP contribution in [0.4, 0.5) is 5.69 Å². The van der Waals surface area contributed by atoms with Crippen molar-refractivity contribution < 1.29 is 14.0 Å². The molecule has 2 aliphatic rings. The lowest BCUT2D eigenvalue weighted by Crippen LogP contribution is -2.37. The highest BCUT2D eigenvalue weighted by Gasteiger charge is 2.42. The number of Topliss-reactive ketones (excluding diaryl/α,β-unsaturated/α-hetero) is 1. The Kier molecular flexibility index (Phi) is 5.98. The van der Waals surface area contributed by atoms with Crippen molar-refractivity contribution in [2.45, 2.75) is 39.5 Å². The zero-order valence-corrected chi connectivity index (χ0v) is 19.1. The summed E-state index contributed by atoms with van der Waals surface area (Å²) < 4.78 is 5.63. The van der Waals surface area contributed by atoms with Crippen molar-refractivity contribution in [3.63, 3.8) is 0 Å². The van der Waals surface area contributed by atoms with Crippen molar-refractivity contribution in [3.05, 3.63) is 75.9 Å². The molecule has 1 aromatic carbocycles. The van der Waals surface area contributed by atoms with E-state index in [9.17, 15) is 14.9 Å². The highest BCUT2D eigenvalue weighted by atomic mass is 32.2. The van der Waals surface area contributed by atoms with Gasteiger partial charge in [0.2, 0.25) is 5.91 Å². The molecule has 1 atom stereocenters. The number of aryl methyl sites for hydroxylation is 1. The number of nitrogens with zero attached hydrogens (tertiary/aromatic N) is 1. The van der Waals surface area contributed by atoms with Gasteiger partial charge in [-0.15, -0.1) is 0 Å². The maximum absolute atomic E-state index is 13.1. The van der Waals surface area contributed by atoms with Crippen LogP contribution in [0.25, 0.3) is 0 Å². The molecule has 1 aliphatic carbocycles. The summed E-state index contributed by atoms with van der Waals surface area (Å²) in [5, 5.41) is 16.8. The summed E-state index contributed by atoms with van der Waals surface area (Å²) in [4.78, 5) is 25.7. The fourth-order valence-electron chi connectivity index (χ4n) is 4.27. The van der Waals surface area contributed by atoms with E-state index in [1.807, 2.05) is 31.2 Å². The lowest BCUT2D eigenvalue weighted by atomic mass is 9.70. The molecule has 164 valence electrons. The van der Waals surface area contributed by atoms with Crippen molar-refractivity contribution in [2.24, 2.45) is 5.41 Å². The van der Waals surface area contributed by atoms with E-state index < -0.39 is 5.92 Å². The van der Waals surface area contributed by atoms with E-state index in [1.54, 1.807) is 18.4 Å². The average Bonchev–Trinajstić information content (AvgIpc) is 3.26. The number of para-hydroxylation sites is 1. The molecular weight excluding hydrogens is 422 g/mol. The predicted octanol–water partition coefficient (Wildman–Crippen LogP) is 5.03. The Labute approximate surface area is 191 Å². The minimum absolute atomic E-state index is 0.0271. The van der Waals surface area contributed by atoms with Crippen molar-refractivity contribution >= 4 is 29.1 Å². The number of hydrogen-bond acceptors (Lipinski definition) is 6. The number of furan rings is 1. The van der Waals surface area contributed by atoms with Gasteiger partial charge in [0, 0.05) is 23.4 Å². The van der Waals surface area contributed by atoms with Gasteiger partial charge in [-0.2, -0.15) is 5.26 Å². The quantitative estimate of drug-likeness (QED) is 0.668. The molecule has 4 rings (SSSR count). The fourth-order valence-corrected chi connectivity index (χ4v) is 5.13. The van der Waals surface area contributed by atoms with Gasteiger partial charge in [-0.1, -0.05) is 43.8 Å². The van der Waals surface area contributed by atoms with Crippen LogP contribution in [0, 0.1) is 23.7 Å². The molecule has 6 nitrogen and oxygen atoms in total. The Morgan fingerprint density at radius 3 is 2.75 bits per heavy atom. The molecule has 2 heterocycles. The third-order valence-corrected chi connectivity index (χ3v) is 6.74. The van der Waals surface area contributed by atoms with Gasteiger partial charge in [0.1, 0.15) is 5.76 Å². The normalized spacial score (nSPS) is 19.8. The van der Waals surface area contributed by atoms with Crippen LogP contribution < -0.4 is 10.6 Å². The number of allylic oxidation sites excluding steroid dienone is 3. The van der Waals surface area contributed by atoms with Crippen LogP contribution in [0.5, 0.6) is 0 Å². The van der Waals surface area contributed by atoms with Crippen LogP contribution in [0.15, 0.2) is 69.0 Å². The molecule has 0 bridgehead atoms. The van der Waals surface area contributed by atoms with Gasteiger partial charge in [-0.3, -0.25) is 9.59 Å². The molecule has 32 heavy (non-hydrogen) atoms. The number of anilines is 1. The van der Waals surface area contributed by atoms with Crippen molar-refractivity contribution in [1.82, 2.24) is 5.32 Å². The zero-order valence-electron chi connectivity index (χ0n) is 18.3. The number of rotatable bonds is 5. The lowest BCUT2D eigenvalue weighted by Gasteiger charge is -2.38. The molecular formula is C25H25N3O3S. The van der Waals surface area contributed by atoms with Crippen LogP contribution in [0.3, 0.4) is 0 Å². The first-order chi connectivity index (χ1) is 15.3. The van der Waals surface area contributed by atoms with E-state index in [0.29, 0.717) is 34.8 Å². The van der Waals surface area contributed by atoms with Crippen molar-refractivity contribution in [1.29, 1.82) is 5.26 Å². The Morgan fingerprint density at radius 2 is 2.06 bits per heavy atom. The molecule has 0 saturated carbocycles. The maximum Gasteiger partial charge on any atom is 0.234 e. The van der Waals surface area contributed by atoms with Gasteiger partial charge in [0.05, 0.1) is 34.6 Å². The first-order valence-electron chi connectivity index (χ1n) is 10.5. The zero-order chi connectivity index (χ0) is 22.9. The fraction of sp³-hybridized carbons (Fsp3) is 0.320. The first kappa shape index (κ1) is 22.0. The van der Waals surface area contributed by atoms with Gasteiger partial charge < -0.3 is 15.1 Å². The monoisotopic (exact) mass is 447 g/mol. The predicted molar refractivity (Wildman–Crippen MR) is 125 cm³/mol. The smallest absolute Gasteiger partial charge is 0.234 e. The van der Waals surface area contributed by atoms with E-state index in [0.717, 1.165) is 16.9 Å². The first-order valence-corrected chi connectivity index (χ1v) is 11.5. The number of ketones is 1. The summed E-state index contributed by atoms with van der Waals surface area (Å²) in [5.41, 5.74) is 3.38. The molecule has 2 aromatic rings. The summed E-state index contributed by atoms with van der Waals surface area (Å²) in [6.07, 6.45) is 2.65. The Hall–Kier alpha value is -3.24. The lowest BCUT2D eigenvalue weighted by molar-refractivity contribution is -0.118. The number of thioether (sulfide) groups is 1. The van der Waals surface area contributed by atoms with Crippen LogP contribution in [-0.4, -0.2) is 17.4 Å². The van der Waals surface area contributed by atoms with Crippen molar-refractivity contribution in [2.75, 3.05) is 11.1 Å². The van der Waals surface area contributed by atoms with E-state index in [2.05, 4.69) is 30.6 Å². The molecule has 1 aromatic heterocycles. The number of carbonyl (C=O) groups is 2. The average molecular weight is 448 g/mol. The number of hydrogen-bond donors (Lipinski definition) is 2. The van der Waals surface area contributed by atoms with Crippen molar-refractivity contribution in [3.8, 4) is 6.07 Å². The Morgan fingerprint density at radius 1 is 1.28 bits per heavy atom. The number of dihydropyridines is 1. The van der Waals surface area contributed by atoms with E-state index >= 15 is 0 Å². The van der Waals surface area contributed by atoms with Gasteiger partial charge in [0.15, 0.2) is 5.78 Å². The summed E-state index contributed by atoms with van der Waals surface area (Å²) in [5.74, 6) is -0.000454. The number of carbonyl (C=O) groups excluding carboxylic acids is 2. The van der Waals surface area contributed by atoms with Gasteiger partial charge in [0.25, 0.3) is 0 Å². The second kappa shape index (κ2) is 8.71. The van der Waals surface area contributed by atoms with Crippen LogP contribution in [0.2, 0.25) is 0 Å². The third-order valence-electron chi connectivity index (χ3n) is 5.72. The molecule has 1 aliphatic heterocycles. The van der Waals surface area contributed by atoms with E-state index in [4.69, 9.17) is 4.42 Å². The summed E-state index contributed by atoms with van der Waals surface area (Å²) in [6.45, 7) is 6.06. The summed E-state index contributed by atoms with van der Waals surface area (Å²) in [7, 11) is 0. The SMILES string of the molecule is Cc1ccccc1NC(=O)CSC1=C(C#N)C(c2ccco2)C2=C(CC(C)(C)CC2=O)N1. The number of nitriles is 1. The third kappa shape index (κ3) is 4.37. The van der Waals surface area contributed by atoms with Gasteiger partial charge in [-0.05, 0) is 42.5 Å². The minimum atomic E-state index is -0.559. The van der Waals surface area contributed by atoms with Gasteiger partial charge >= 0.3 is 0 Å². The molecule has 0 fully saturated rings. The number of amides is 1. The molecule has 7 heteroatoms. The Balaban J connectivity index is 1.62. The second-order valence-corrected chi connectivity index (χ2v) is 9.90. The largest absolute Gasteiger partial charge is 0.468 e. The number of nitrogens with one attached hydrogen (secondary N) is 2. The van der Waals surface area contributed by atoms with Gasteiger partial charge in [-0.25, -0.2) is 0 Å². The second-order valence-electron chi connectivity index (χ2n) is 8.91. The summed E-state index contributed by atoms with van der Waals surface area (Å²) >= 11 is 1.27. The Bertz CT molecular complexity index is 1170. The van der Waals surface area contributed by atoms with Crippen LogP contribution in [-0.2, 0) is 9.59 Å². The highest BCUT2D eigenvalue weighted by Crippen LogP contribution is 2.47. The van der Waals surface area contributed by atoms with Crippen LogP contribution in [0.1, 0.15) is 43.9 Å². The summed E-state index contributed by atoms with van der Waals surface area (Å²) in [6, 6.07) is 13.4. The van der Waals surface area contributed by atoms with E-state index in [-0.39, 0.29) is 22.9 Å². The van der Waals surface area contributed by atoms with Crippen LogP contribution >= 0.6 is 11.8 Å². The maximum atomic E-state index is 13.1. The molecule has 0 saturated heterocycles. The molecule has 0 spiro atoms. The molecule has 0 radical (unpaired) electrons. The van der Waals surface area contributed by atoms with E-state index in [1.165, 1.54) is 11.8 Å².